The van der Waals surface area contributed by atoms with E-state index in [0.717, 1.165) is 15.7 Å². The molecule has 0 radical (unpaired) electrons. The Kier molecular flexibility index (Phi) is 5.44. The van der Waals surface area contributed by atoms with Crippen molar-refractivity contribution in [3.8, 4) is 5.69 Å². The van der Waals surface area contributed by atoms with Crippen LogP contribution in [0.4, 0.5) is 0 Å². The summed E-state index contributed by atoms with van der Waals surface area (Å²) in [6.45, 7) is 6.61. The van der Waals surface area contributed by atoms with Gasteiger partial charge in [0.05, 0.1) is 16.6 Å². The number of halogens is 1. The number of aromatic nitrogens is 2. The van der Waals surface area contributed by atoms with Crippen molar-refractivity contribution in [2.24, 2.45) is 0 Å². The van der Waals surface area contributed by atoms with Gasteiger partial charge in [-0.15, -0.1) is 0 Å². The van der Waals surface area contributed by atoms with Gasteiger partial charge in [0.1, 0.15) is 5.82 Å². The van der Waals surface area contributed by atoms with Gasteiger partial charge in [0.15, 0.2) is 0 Å². The van der Waals surface area contributed by atoms with Crippen LogP contribution in [0, 0.1) is 0 Å². The normalized spacial score (nSPS) is 12.0. The van der Waals surface area contributed by atoms with Gasteiger partial charge in [0.25, 0.3) is 5.56 Å². The van der Waals surface area contributed by atoms with E-state index >= 15 is 0 Å². The molecule has 0 aliphatic carbocycles. The Bertz CT molecular complexity index is 1280. The van der Waals surface area contributed by atoms with Crippen LogP contribution in [0.1, 0.15) is 37.7 Å². The minimum Gasteiger partial charge on any atom is -0.268 e. The summed E-state index contributed by atoms with van der Waals surface area (Å²) in [5, 5.41) is 0.604. The largest absolute Gasteiger partial charge is 0.268 e. The third-order valence-corrected chi connectivity index (χ3v) is 5.62. The molecule has 30 heavy (non-hydrogen) atoms. The SMILES string of the molecule is CC(C)(C)c1ccc(/C=C/c2nc3ccccc3c(=O)n2-c2ccc(Br)cc2)cc1. The zero-order chi connectivity index (χ0) is 21.3. The molecule has 3 aromatic carbocycles. The quantitative estimate of drug-likeness (QED) is 0.345. The Morgan fingerprint density at radius 2 is 1.53 bits per heavy atom. The molecule has 1 heterocycles. The highest BCUT2D eigenvalue weighted by molar-refractivity contribution is 9.10. The molecule has 4 aromatic rings. The van der Waals surface area contributed by atoms with Crippen molar-refractivity contribution in [2.75, 3.05) is 0 Å². The summed E-state index contributed by atoms with van der Waals surface area (Å²) in [5.41, 5.74) is 3.86. The highest BCUT2D eigenvalue weighted by Crippen LogP contribution is 2.23. The standard InChI is InChI=1S/C26H23BrN2O/c1-26(2,3)19-11-8-18(9-12-19)10-17-24-28-23-7-5-4-6-22(23)25(30)29(24)21-15-13-20(27)14-16-21/h4-17H,1-3H3/b17-10+. The van der Waals surface area contributed by atoms with Crippen molar-refractivity contribution in [3.05, 3.63) is 105 Å². The van der Waals surface area contributed by atoms with Crippen LogP contribution >= 0.6 is 15.9 Å². The van der Waals surface area contributed by atoms with Gasteiger partial charge in [0.2, 0.25) is 0 Å². The Hall–Kier alpha value is -2.98. The molecule has 4 heteroatoms. The molecule has 0 saturated heterocycles. The van der Waals surface area contributed by atoms with Crippen LogP contribution < -0.4 is 5.56 Å². The molecular formula is C26H23BrN2O. The zero-order valence-electron chi connectivity index (χ0n) is 17.3. The lowest BCUT2D eigenvalue weighted by atomic mass is 9.87. The van der Waals surface area contributed by atoms with E-state index in [1.807, 2.05) is 60.7 Å². The van der Waals surface area contributed by atoms with E-state index in [2.05, 4.69) is 61.0 Å². The summed E-state index contributed by atoms with van der Waals surface area (Å²) in [6.07, 6.45) is 3.90. The Morgan fingerprint density at radius 1 is 0.867 bits per heavy atom. The first-order valence-corrected chi connectivity index (χ1v) is 10.7. The topological polar surface area (TPSA) is 34.9 Å². The number of benzene rings is 3. The minimum atomic E-state index is -0.0781. The summed E-state index contributed by atoms with van der Waals surface area (Å²) in [4.78, 5) is 18.0. The van der Waals surface area contributed by atoms with Gasteiger partial charge >= 0.3 is 0 Å². The van der Waals surface area contributed by atoms with E-state index in [1.54, 1.807) is 4.57 Å². The second-order valence-electron chi connectivity index (χ2n) is 8.31. The van der Waals surface area contributed by atoms with Crippen molar-refractivity contribution in [2.45, 2.75) is 26.2 Å². The van der Waals surface area contributed by atoms with Crippen molar-refractivity contribution in [3.63, 3.8) is 0 Å². The summed E-state index contributed by atoms with van der Waals surface area (Å²) in [5.74, 6) is 0.598. The summed E-state index contributed by atoms with van der Waals surface area (Å²) >= 11 is 3.46. The molecule has 0 fully saturated rings. The predicted octanol–water partition coefficient (Wildman–Crippen LogP) is 6.62. The summed E-state index contributed by atoms with van der Waals surface area (Å²) in [7, 11) is 0. The monoisotopic (exact) mass is 458 g/mol. The molecule has 1 aromatic heterocycles. The maximum Gasteiger partial charge on any atom is 0.266 e. The van der Waals surface area contributed by atoms with Crippen LogP contribution in [0.25, 0.3) is 28.7 Å². The van der Waals surface area contributed by atoms with Gasteiger partial charge in [-0.25, -0.2) is 4.98 Å². The highest BCUT2D eigenvalue weighted by atomic mass is 79.9. The maximum atomic E-state index is 13.3. The molecule has 4 rings (SSSR count). The van der Waals surface area contributed by atoms with E-state index in [1.165, 1.54) is 5.56 Å². The highest BCUT2D eigenvalue weighted by Gasteiger charge is 2.13. The number of hydrogen-bond donors (Lipinski definition) is 0. The molecule has 0 atom stereocenters. The lowest BCUT2D eigenvalue weighted by Crippen LogP contribution is -2.22. The van der Waals surface area contributed by atoms with Crippen LogP contribution in [-0.2, 0) is 5.41 Å². The smallest absolute Gasteiger partial charge is 0.266 e. The Balaban J connectivity index is 1.83. The van der Waals surface area contributed by atoms with Gasteiger partial charge < -0.3 is 0 Å². The van der Waals surface area contributed by atoms with Gasteiger partial charge in [0, 0.05) is 4.47 Å². The molecule has 0 unspecified atom stereocenters. The number of hydrogen-bond acceptors (Lipinski definition) is 2. The lowest BCUT2D eigenvalue weighted by Gasteiger charge is -2.18. The van der Waals surface area contributed by atoms with E-state index in [4.69, 9.17) is 4.98 Å². The Morgan fingerprint density at radius 3 is 2.20 bits per heavy atom. The van der Waals surface area contributed by atoms with Crippen molar-refractivity contribution in [1.29, 1.82) is 0 Å². The molecule has 0 N–H and O–H groups in total. The van der Waals surface area contributed by atoms with Crippen molar-refractivity contribution < 1.29 is 0 Å². The average molecular weight is 459 g/mol. The van der Waals surface area contributed by atoms with Crippen LogP contribution in [0.15, 0.2) is 82.1 Å². The molecule has 0 bridgehead atoms. The molecule has 0 saturated carbocycles. The third-order valence-electron chi connectivity index (χ3n) is 5.09. The molecule has 0 spiro atoms. The molecule has 0 aliphatic heterocycles. The molecule has 150 valence electrons. The van der Waals surface area contributed by atoms with E-state index in [0.29, 0.717) is 16.7 Å². The van der Waals surface area contributed by atoms with Crippen LogP contribution in [0.2, 0.25) is 0 Å². The summed E-state index contributed by atoms with van der Waals surface area (Å²) in [6, 6.07) is 23.6. The van der Waals surface area contributed by atoms with Crippen molar-refractivity contribution >= 4 is 39.0 Å². The molecular weight excluding hydrogens is 436 g/mol. The van der Waals surface area contributed by atoms with Crippen molar-refractivity contribution in [1.82, 2.24) is 9.55 Å². The first-order chi connectivity index (χ1) is 14.3. The maximum absolute atomic E-state index is 13.3. The second kappa shape index (κ2) is 8.04. The number of nitrogens with zero attached hydrogens (tertiary/aromatic N) is 2. The molecule has 3 nitrogen and oxygen atoms in total. The number of para-hydroxylation sites is 1. The Labute approximate surface area is 184 Å². The van der Waals surface area contributed by atoms with E-state index in [9.17, 15) is 4.79 Å². The number of fused-ring (bicyclic) bond motifs is 1. The predicted molar refractivity (Wildman–Crippen MR) is 129 cm³/mol. The zero-order valence-corrected chi connectivity index (χ0v) is 18.8. The summed E-state index contributed by atoms with van der Waals surface area (Å²) < 4.78 is 2.62. The van der Waals surface area contributed by atoms with E-state index < -0.39 is 0 Å². The first-order valence-electron chi connectivity index (χ1n) is 9.89. The fourth-order valence-corrected chi connectivity index (χ4v) is 3.63. The van der Waals surface area contributed by atoms with Gasteiger partial charge in [-0.2, -0.15) is 0 Å². The van der Waals surface area contributed by atoms with Gasteiger partial charge in [-0.3, -0.25) is 9.36 Å². The fraction of sp³-hybridized carbons (Fsp3) is 0.154. The minimum absolute atomic E-state index is 0.0781. The fourth-order valence-electron chi connectivity index (χ4n) is 3.37. The first kappa shape index (κ1) is 20.3. The van der Waals surface area contributed by atoms with Crippen LogP contribution in [0.3, 0.4) is 0 Å². The van der Waals surface area contributed by atoms with E-state index in [-0.39, 0.29) is 11.0 Å². The molecule has 0 aliphatic rings. The van der Waals surface area contributed by atoms with Gasteiger partial charge in [-0.1, -0.05) is 79.2 Å². The average Bonchev–Trinajstić information content (AvgIpc) is 2.73. The molecule has 0 amide bonds. The third kappa shape index (κ3) is 4.14. The van der Waals surface area contributed by atoms with Gasteiger partial charge in [-0.05, 0) is 59.0 Å². The second-order valence-corrected chi connectivity index (χ2v) is 9.23. The van der Waals surface area contributed by atoms with Crippen LogP contribution in [-0.4, -0.2) is 9.55 Å². The lowest BCUT2D eigenvalue weighted by molar-refractivity contribution is 0.590. The van der Waals surface area contributed by atoms with Crippen LogP contribution in [0.5, 0.6) is 0 Å². The number of rotatable bonds is 3.